The summed E-state index contributed by atoms with van der Waals surface area (Å²) in [5.41, 5.74) is 1.43. The van der Waals surface area contributed by atoms with Gasteiger partial charge in [-0.25, -0.2) is 0 Å². The molecule has 0 radical (unpaired) electrons. The first-order chi connectivity index (χ1) is 7.99. The maximum Gasteiger partial charge on any atom is 0.302 e. The van der Waals surface area contributed by atoms with Gasteiger partial charge in [0.2, 0.25) is 0 Å². The van der Waals surface area contributed by atoms with Gasteiger partial charge in [0.1, 0.15) is 0 Å². The van der Waals surface area contributed by atoms with Gasteiger partial charge in [0.25, 0.3) is 0 Å². The second-order valence-corrected chi connectivity index (χ2v) is 10.5. The largest absolute Gasteiger partial charge is 0.466 e. The van der Waals surface area contributed by atoms with Gasteiger partial charge in [0.05, 0.1) is 14.7 Å². The van der Waals surface area contributed by atoms with Crippen LogP contribution in [0, 0.1) is 0 Å². The van der Waals surface area contributed by atoms with Crippen molar-refractivity contribution in [2.24, 2.45) is 0 Å². The third kappa shape index (κ3) is 6.27. The van der Waals surface area contributed by atoms with E-state index in [4.69, 9.17) is 4.74 Å². The third-order valence-corrected chi connectivity index (χ3v) is 5.90. The van der Waals surface area contributed by atoms with E-state index in [1.54, 1.807) is 0 Å². The molecular weight excluding hydrogens is 228 g/mol. The minimum atomic E-state index is -1.21. The third-order valence-electron chi connectivity index (χ3n) is 2.83. The fourth-order valence-electron chi connectivity index (χ4n) is 2.00. The molecule has 0 aliphatic carbocycles. The van der Waals surface area contributed by atoms with Crippen LogP contribution in [0.1, 0.15) is 18.9 Å². The molecule has 1 aromatic carbocycles. The lowest BCUT2D eigenvalue weighted by atomic mass is 10.2. The van der Waals surface area contributed by atoms with Crippen LogP contribution in [-0.2, 0) is 15.6 Å². The van der Waals surface area contributed by atoms with Gasteiger partial charge in [-0.15, -0.1) is 0 Å². The van der Waals surface area contributed by atoms with Crippen LogP contribution in [0.15, 0.2) is 30.3 Å². The van der Waals surface area contributed by atoms with E-state index < -0.39 is 8.07 Å². The van der Waals surface area contributed by atoms with Gasteiger partial charge in [-0.05, 0) is 12.5 Å². The number of carbonyl (C=O) groups excluding carboxylic acids is 1. The Bertz CT molecular complexity index is 346. The van der Waals surface area contributed by atoms with E-state index in [1.807, 2.05) is 0 Å². The molecule has 0 N–H and O–H groups in total. The summed E-state index contributed by atoms with van der Waals surface area (Å²) in [5.74, 6) is -0.174. The maximum absolute atomic E-state index is 10.6. The highest BCUT2D eigenvalue weighted by Gasteiger charge is 2.20. The van der Waals surface area contributed by atoms with E-state index >= 15 is 0 Å². The van der Waals surface area contributed by atoms with Crippen molar-refractivity contribution in [3.05, 3.63) is 35.9 Å². The van der Waals surface area contributed by atoms with E-state index in [2.05, 4.69) is 43.4 Å². The van der Waals surface area contributed by atoms with Gasteiger partial charge in [0, 0.05) is 6.92 Å². The molecule has 0 aliphatic heterocycles. The quantitative estimate of drug-likeness (QED) is 0.439. The molecule has 0 bridgehead atoms. The summed E-state index contributed by atoms with van der Waals surface area (Å²) in [6.45, 7) is 6.83. The van der Waals surface area contributed by atoms with Crippen LogP contribution in [0.3, 0.4) is 0 Å². The topological polar surface area (TPSA) is 26.3 Å². The Hall–Kier alpha value is -1.09. The number of benzene rings is 1. The highest BCUT2D eigenvalue weighted by atomic mass is 28.3. The number of esters is 1. The lowest BCUT2D eigenvalue weighted by Gasteiger charge is -2.22. The second-order valence-electron chi connectivity index (χ2n) is 5.27. The Labute approximate surface area is 105 Å². The average molecular weight is 250 g/mol. The van der Waals surface area contributed by atoms with Gasteiger partial charge in [-0.2, -0.15) is 0 Å². The molecule has 3 heteroatoms. The first-order valence-corrected chi connectivity index (χ1v) is 9.58. The zero-order valence-electron chi connectivity index (χ0n) is 11.0. The SMILES string of the molecule is CC(=O)OCCC[Si](C)(C)Cc1ccccc1. The van der Waals surface area contributed by atoms with Crippen LogP contribution < -0.4 is 0 Å². The van der Waals surface area contributed by atoms with Crippen molar-refractivity contribution in [1.82, 2.24) is 0 Å². The van der Waals surface area contributed by atoms with E-state index in [-0.39, 0.29) is 5.97 Å². The van der Waals surface area contributed by atoms with Crippen LogP contribution in [0.5, 0.6) is 0 Å². The normalized spacial score (nSPS) is 11.2. The standard InChI is InChI=1S/C14H22O2Si/c1-13(15)16-10-7-11-17(2,3)12-14-8-5-4-6-9-14/h4-6,8-9H,7,10-12H2,1-3H3. The molecule has 0 aliphatic rings. The molecular formula is C14H22O2Si. The number of carbonyl (C=O) groups is 1. The van der Waals surface area contributed by atoms with Crippen LogP contribution in [0.2, 0.25) is 19.1 Å². The summed E-state index contributed by atoms with van der Waals surface area (Å²) >= 11 is 0. The van der Waals surface area contributed by atoms with Crippen molar-refractivity contribution in [1.29, 1.82) is 0 Å². The van der Waals surface area contributed by atoms with Gasteiger partial charge in [0.15, 0.2) is 0 Å². The maximum atomic E-state index is 10.6. The van der Waals surface area contributed by atoms with Gasteiger partial charge >= 0.3 is 5.97 Å². The predicted molar refractivity (Wildman–Crippen MR) is 73.7 cm³/mol. The number of hydrogen-bond donors (Lipinski definition) is 0. The van der Waals surface area contributed by atoms with Crippen LogP contribution in [0.4, 0.5) is 0 Å². The Morgan fingerprint density at radius 2 is 1.88 bits per heavy atom. The molecule has 0 saturated carbocycles. The van der Waals surface area contributed by atoms with Gasteiger partial charge in [-0.1, -0.05) is 55.0 Å². The fraction of sp³-hybridized carbons (Fsp3) is 0.500. The number of rotatable bonds is 6. The molecule has 0 aromatic heterocycles. The molecule has 0 amide bonds. The molecule has 0 atom stereocenters. The molecule has 0 fully saturated rings. The highest BCUT2D eigenvalue weighted by Crippen LogP contribution is 2.18. The Balaban J connectivity index is 2.33. The monoisotopic (exact) mass is 250 g/mol. The molecule has 0 unspecified atom stereocenters. The van der Waals surface area contributed by atoms with Crippen molar-refractivity contribution in [3.8, 4) is 0 Å². The lowest BCUT2D eigenvalue weighted by molar-refractivity contribution is -0.140. The van der Waals surface area contributed by atoms with Gasteiger partial charge < -0.3 is 4.74 Å². The summed E-state index contributed by atoms with van der Waals surface area (Å²) < 4.78 is 4.97. The van der Waals surface area contributed by atoms with Crippen molar-refractivity contribution in [3.63, 3.8) is 0 Å². The fourth-order valence-corrected chi connectivity index (χ4v) is 4.62. The average Bonchev–Trinajstić information content (AvgIpc) is 2.25. The minimum absolute atomic E-state index is 0.174. The van der Waals surface area contributed by atoms with Crippen molar-refractivity contribution in [2.75, 3.05) is 6.61 Å². The Morgan fingerprint density at radius 3 is 2.47 bits per heavy atom. The van der Waals surface area contributed by atoms with Crippen molar-refractivity contribution in [2.45, 2.75) is 38.5 Å². The van der Waals surface area contributed by atoms with Gasteiger partial charge in [-0.3, -0.25) is 4.79 Å². The van der Waals surface area contributed by atoms with E-state index in [0.29, 0.717) is 6.61 Å². The van der Waals surface area contributed by atoms with E-state index in [9.17, 15) is 4.79 Å². The highest BCUT2D eigenvalue weighted by molar-refractivity contribution is 6.76. The Morgan fingerprint density at radius 1 is 1.24 bits per heavy atom. The zero-order valence-corrected chi connectivity index (χ0v) is 12.0. The lowest BCUT2D eigenvalue weighted by Crippen LogP contribution is -2.29. The first-order valence-electron chi connectivity index (χ1n) is 6.17. The second kappa shape index (κ2) is 6.60. The molecule has 0 heterocycles. The molecule has 1 aromatic rings. The zero-order chi connectivity index (χ0) is 12.7. The smallest absolute Gasteiger partial charge is 0.302 e. The molecule has 1 rings (SSSR count). The number of ether oxygens (including phenoxy) is 1. The number of hydrogen-bond acceptors (Lipinski definition) is 2. The van der Waals surface area contributed by atoms with Crippen LogP contribution >= 0.6 is 0 Å². The van der Waals surface area contributed by atoms with E-state index in [0.717, 1.165) is 6.42 Å². The Kier molecular flexibility index (Phi) is 5.42. The molecule has 0 saturated heterocycles. The minimum Gasteiger partial charge on any atom is -0.466 e. The van der Waals surface area contributed by atoms with Crippen molar-refractivity contribution >= 4 is 14.0 Å². The van der Waals surface area contributed by atoms with Crippen LogP contribution in [-0.4, -0.2) is 20.7 Å². The molecule has 94 valence electrons. The predicted octanol–water partition coefficient (Wildman–Crippen LogP) is 3.43. The van der Waals surface area contributed by atoms with E-state index in [1.165, 1.54) is 24.6 Å². The summed E-state index contributed by atoms with van der Waals surface area (Å²) in [7, 11) is -1.21. The van der Waals surface area contributed by atoms with Crippen LogP contribution in [0.25, 0.3) is 0 Å². The molecule has 0 spiro atoms. The van der Waals surface area contributed by atoms with Crippen molar-refractivity contribution < 1.29 is 9.53 Å². The summed E-state index contributed by atoms with van der Waals surface area (Å²) in [4.78, 5) is 10.6. The molecule has 17 heavy (non-hydrogen) atoms. The molecule has 2 nitrogen and oxygen atoms in total. The summed E-state index contributed by atoms with van der Waals surface area (Å²) in [6.07, 6.45) is 0.992. The first kappa shape index (κ1) is 14.0. The summed E-state index contributed by atoms with van der Waals surface area (Å²) in [5, 5.41) is 0. The summed E-state index contributed by atoms with van der Waals surface area (Å²) in [6, 6.07) is 13.0.